The van der Waals surface area contributed by atoms with E-state index in [9.17, 15) is 14.0 Å². The van der Waals surface area contributed by atoms with Crippen molar-refractivity contribution in [2.24, 2.45) is 0 Å². The monoisotopic (exact) mass is 325 g/mol. The Kier molecular flexibility index (Phi) is 5.43. The second-order valence-electron chi connectivity index (χ2n) is 4.46. The van der Waals surface area contributed by atoms with Crippen molar-refractivity contribution in [3.05, 3.63) is 40.7 Å². The molecular weight excluding hydrogens is 309 g/mol. The summed E-state index contributed by atoms with van der Waals surface area (Å²) >= 11 is 1.25. The highest BCUT2D eigenvalue weighted by atomic mass is 32.2. The molecule has 0 aliphatic carbocycles. The molecule has 1 fully saturated rings. The lowest BCUT2D eigenvalue weighted by atomic mass is 10.2. The van der Waals surface area contributed by atoms with E-state index in [1.165, 1.54) is 48.0 Å². The number of hydrogen-bond donors (Lipinski definition) is 0. The third kappa shape index (κ3) is 3.79. The predicted molar refractivity (Wildman–Crippen MR) is 80.7 cm³/mol. The second kappa shape index (κ2) is 7.31. The molecule has 1 saturated heterocycles. The average Bonchev–Trinajstić information content (AvgIpc) is 2.81. The zero-order valence-corrected chi connectivity index (χ0v) is 13.1. The van der Waals surface area contributed by atoms with Crippen LogP contribution in [0.3, 0.4) is 0 Å². The first-order valence-electron chi connectivity index (χ1n) is 6.69. The summed E-state index contributed by atoms with van der Waals surface area (Å²) in [7, 11) is 1.48. The highest BCUT2D eigenvalue weighted by molar-refractivity contribution is 8.04. The number of thioether (sulfide) groups is 1. The largest absolute Gasteiger partial charge is 0.496 e. The number of rotatable bonds is 5. The summed E-state index contributed by atoms with van der Waals surface area (Å²) in [5.74, 6) is -0.335. The maximum atomic E-state index is 13.4. The Morgan fingerprint density at radius 1 is 1.50 bits per heavy atom. The van der Waals surface area contributed by atoms with Crippen LogP contribution < -0.4 is 4.74 Å². The quantitative estimate of drug-likeness (QED) is 0.614. The highest BCUT2D eigenvalue weighted by Crippen LogP contribution is 2.32. The van der Waals surface area contributed by atoms with Crippen LogP contribution in [0.4, 0.5) is 4.39 Å². The van der Waals surface area contributed by atoms with Crippen molar-refractivity contribution in [2.45, 2.75) is 13.5 Å². The van der Waals surface area contributed by atoms with Gasteiger partial charge in [-0.25, -0.2) is 9.18 Å². The third-order valence-electron chi connectivity index (χ3n) is 3.01. The number of nitrogens with zero attached hydrogens (tertiary/aromatic N) is 1. The van der Waals surface area contributed by atoms with Gasteiger partial charge in [-0.15, -0.1) is 0 Å². The van der Waals surface area contributed by atoms with Crippen LogP contribution in [0.1, 0.15) is 12.5 Å². The minimum atomic E-state index is -0.504. The summed E-state index contributed by atoms with van der Waals surface area (Å²) < 4.78 is 23.4. The number of esters is 1. The first-order chi connectivity index (χ1) is 10.5. The van der Waals surface area contributed by atoms with E-state index in [0.717, 1.165) is 0 Å². The molecule has 0 saturated carbocycles. The van der Waals surface area contributed by atoms with Gasteiger partial charge in [-0.2, -0.15) is 0 Å². The summed E-state index contributed by atoms with van der Waals surface area (Å²) in [6.45, 7) is 2.11. The maximum Gasteiger partial charge on any atom is 0.333 e. The summed E-state index contributed by atoms with van der Waals surface area (Å²) in [5, 5.41) is 0.495. The van der Waals surface area contributed by atoms with Gasteiger partial charge in [0.1, 0.15) is 11.6 Å². The molecule has 5 nitrogen and oxygen atoms in total. The Morgan fingerprint density at radius 2 is 2.27 bits per heavy atom. The molecule has 1 aliphatic heterocycles. The van der Waals surface area contributed by atoms with Crippen LogP contribution in [-0.4, -0.2) is 36.2 Å². The summed E-state index contributed by atoms with van der Waals surface area (Å²) in [4.78, 5) is 25.0. The molecule has 0 radical (unpaired) electrons. The fourth-order valence-corrected chi connectivity index (χ4v) is 2.95. The van der Waals surface area contributed by atoms with Crippen molar-refractivity contribution in [2.75, 3.05) is 19.5 Å². The number of hydrogen-bond acceptors (Lipinski definition) is 5. The summed E-state index contributed by atoms with van der Waals surface area (Å²) in [6.07, 6.45) is 1.28. The molecule has 1 amide bonds. The molecule has 0 aromatic heterocycles. The molecule has 22 heavy (non-hydrogen) atoms. The zero-order chi connectivity index (χ0) is 16.1. The maximum absolute atomic E-state index is 13.4. The van der Waals surface area contributed by atoms with Crippen LogP contribution in [0.25, 0.3) is 0 Å². The first-order valence-corrected chi connectivity index (χ1v) is 7.67. The number of benzene rings is 1. The zero-order valence-electron chi connectivity index (χ0n) is 12.3. The van der Waals surface area contributed by atoms with Crippen molar-refractivity contribution in [3.63, 3.8) is 0 Å². The lowest BCUT2D eigenvalue weighted by Gasteiger charge is -2.18. The SMILES string of the molecule is CCOC(=O)/C=C1\SCC(=O)N1Cc1cc(F)ccc1OC. The molecule has 118 valence electrons. The molecule has 0 N–H and O–H groups in total. The minimum absolute atomic E-state index is 0.137. The number of ether oxygens (including phenoxy) is 2. The molecular formula is C15H16FNO4S. The Labute approximate surface area is 132 Å². The van der Waals surface area contributed by atoms with E-state index in [-0.39, 0.29) is 24.8 Å². The van der Waals surface area contributed by atoms with Crippen molar-refractivity contribution in [3.8, 4) is 5.75 Å². The van der Waals surface area contributed by atoms with Gasteiger partial charge in [-0.3, -0.25) is 4.79 Å². The minimum Gasteiger partial charge on any atom is -0.496 e. The fraction of sp³-hybridized carbons (Fsp3) is 0.333. The number of amides is 1. The molecule has 1 aromatic carbocycles. The van der Waals surface area contributed by atoms with E-state index in [2.05, 4.69) is 0 Å². The normalized spacial score (nSPS) is 16.2. The van der Waals surface area contributed by atoms with Crippen LogP contribution >= 0.6 is 11.8 Å². The summed E-state index contributed by atoms with van der Waals surface area (Å²) in [6, 6.07) is 4.11. The Bertz CT molecular complexity index is 618. The van der Waals surface area contributed by atoms with Gasteiger partial charge in [-0.05, 0) is 25.1 Å². The topological polar surface area (TPSA) is 55.8 Å². The van der Waals surface area contributed by atoms with E-state index in [0.29, 0.717) is 16.3 Å². The van der Waals surface area contributed by atoms with Crippen molar-refractivity contribution < 1.29 is 23.5 Å². The van der Waals surface area contributed by atoms with Crippen molar-refractivity contribution >= 4 is 23.6 Å². The van der Waals surface area contributed by atoms with E-state index in [1.54, 1.807) is 6.92 Å². The van der Waals surface area contributed by atoms with Gasteiger partial charge in [0.2, 0.25) is 5.91 Å². The van der Waals surface area contributed by atoms with Crippen LogP contribution in [0, 0.1) is 5.82 Å². The van der Waals surface area contributed by atoms with Gasteiger partial charge in [0.15, 0.2) is 0 Å². The van der Waals surface area contributed by atoms with Crippen molar-refractivity contribution in [1.82, 2.24) is 4.90 Å². The van der Waals surface area contributed by atoms with E-state index < -0.39 is 11.8 Å². The predicted octanol–water partition coefficient (Wildman–Crippen LogP) is 2.31. The molecule has 7 heteroatoms. The highest BCUT2D eigenvalue weighted by Gasteiger charge is 2.28. The van der Waals surface area contributed by atoms with Crippen LogP contribution in [0.5, 0.6) is 5.75 Å². The number of methoxy groups -OCH3 is 1. The smallest absolute Gasteiger partial charge is 0.333 e. The van der Waals surface area contributed by atoms with Crippen LogP contribution in [-0.2, 0) is 20.9 Å². The third-order valence-corrected chi connectivity index (χ3v) is 4.03. The van der Waals surface area contributed by atoms with Gasteiger partial charge in [-0.1, -0.05) is 11.8 Å². The van der Waals surface area contributed by atoms with Crippen molar-refractivity contribution in [1.29, 1.82) is 0 Å². The molecule has 0 atom stereocenters. The summed E-state index contributed by atoms with van der Waals surface area (Å²) in [5.41, 5.74) is 0.535. The van der Waals surface area contributed by atoms with E-state index >= 15 is 0 Å². The van der Waals surface area contributed by atoms with E-state index in [4.69, 9.17) is 9.47 Å². The molecule has 1 aromatic rings. The number of carbonyl (C=O) groups excluding carboxylic acids is 2. The average molecular weight is 325 g/mol. The van der Waals surface area contributed by atoms with Gasteiger partial charge in [0.25, 0.3) is 0 Å². The van der Waals surface area contributed by atoms with Gasteiger partial charge < -0.3 is 14.4 Å². The molecule has 1 heterocycles. The van der Waals surface area contributed by atoms with Gasteiger partial charge in [0, 0.05) is 5.56 Å². The molecule has 0 spiro atoms. The molecule has 1 aliphatic rings. The standard InChI is InChI=1S/C15H16FNO4S/c1-3-21-15(19)7-14-17(13(18)9-22-14)8-10-6-11(16)4-5-12(10)20-2/h4-7H,3,8-9H2,1-2H3/b14-7-. The molecule has 2 rings (SSSR count). The number of carbonyl (C=O) groups is 2. The van der Waals surface area contributed by atoms with Gasteiger partial charge >= 0.3 is 5.97 Å². The van der Waals surface area contributed by atoms with Crippen LogP contribution in [0.2, 0.25) is 0 Å². The first kappa shape index (κ1) is 16.4. The molecule has 0 bridgehead atoms. The second-order valence-corrected chi connectivity index (χ2v) is 5.45. The Balaban J connectivity index is 2.24. The number of halogens is 1. The van der Waals surface area contributed by atoms with Gasteiger partial charge in [0.05, 0.1) is 37.1 Å². The molecule has 0 unspecified atom stereocenters. The Hall–Kier alpha value is -2.02. The lowest BCUT2D eigenvalue weighted by molar-refractivity contribution is -0.137. The Morgan fingerprint density at radius 3 is 2.95 bits per heavy atom. The fourth-order valence-electron chi connectivity index (χ4n) is 2.03. The van der Waals surface area contributed by atoms with E-state index in [1.807, 2.05) is 0 Å². The van der Waals surface area contributed by atoms with Crippen LogP contribution in [0.15, 0.2) is 29.3 Å². The lowest BCUT2D eigenvalue weighted by Crippen LogP contribution is -2.25.